The van der Waals surface area contributed by atoms with Crippen molar-refractivity contribution in [1.29, 1.82) is 0 Å². The molecule has 0 aromatic heterocycles. The van der Waals surface area contributed by atoms with Crippen LogP contribution in [0, 0.1) is 17.3 Å². The molecular formula is C21H34O9. The maximum Gasteiger partial charge on any atom is 0.187 e. The Bertz CT molecular complexity index is 675. The smallest absolute Gasteiger partial charge is 0.187 e. The van der Waals surface area contributed by atoms with Crippen LogP contribution in [0.2, 0.25) is 0 Å². The lowest BCUT2D eigenvalue weighted by molar-refractivity contribution is -0.313. The second-order valence-electron chi connectivity index (χ2n) is 9.38. The van der Waals surface area contributed by atoms with Crippen LogP contribution in [-0.4, -0.2) is 92.0 Å². The zero-order valence-corrected chi connectivity index (χ0v) is 17.6. The van der Waals surface area contributed by atoms with E-state index in [9.17, 15) is 35.4 Å². The summed E-state index contributed by atoms with van der Waals surface area (Å²) in [5.74, 6) is -0.753. The van der Waals surface area contributed by atoms with Crippen LogP contribution >= 0.6 is 0 Å². The van der Waals surface area contributed by atoms with E-state index in [4.69, 9.17) is 9.47 Å². The lowest BCUT2D eigenvalue weighted by Gasteiger charge is -2.47. The van der Waals surface area contributed by atoms with Crippen LogP contribution in [0.4, 0.5) is 0 Å². The Morgan fingerprint density at radius 2 is 1.90 bits per heavy atom. The van der Waals surface area contributed by atoms with Gasteiger partial charge in [0, 0.05) is 0 Å². The maximum atomic E-state index is 12.8. The number of carbonyl (C=O) groups excluding carboxylic acids is 1. The molecule has 9 heteroatoms. The van der Waals surface area contributed by atoms with Gasteiger partial charge in [-0.25, -0.2) is 0 Å². The molecule has 0 radical (unpaired) electrons. The molecule has 9 nitrogen and oxygen atoms in total. The van der Waals surface area contributed by atoms with E-state index in [0.29, 0.717) is 19.3 Å². The van der Waals surface area contributed by atoms with E-state index in [-0.39, 0.29) is 24.2 Å². The fraction of sp³-hybridized carbons (Fsp3) is 0.857. The van der Waals surface area contributed by atoms with Crippen molar-refractivity contribution >= 4 is 5.78 Å². The van der Waals surface area contributed by atoms with Gasteiger partial charge in [-0.1, -0.05) is 12.5 Å². The Kier molecular flexibility index (Phi) is 6.77. The van der Waals surface area contributed by atoms with Crippen LogP contribution in [0.25, 0.3) is 0 Å². The molecule has 1 aliphatic heterocycles. The second kappa shape index (κ2) is 8.55. The maximum absolute atomic E-state index is 12.8. The first kappa shape index (κ1) is 23.7. The number of ketones is 1. The van der Waals surface area contributed by atoms with E-state index >= 15 is 0 Å². The summed E-state index contributed by atoms with van der Waals surface area (Å²) in [7, 11) is 0. The Morgan fingerprint density at radius 1 is 1.23 bits per heavy atom. The molecule has 30 heavy (non-hydrogen) atoms. The number of hydrogen-bond donors (Lipinski definition) is 6. The van der Waals surface area contributed by atoms with Crippen molar-refractivity contribution in [3.63, 3.8) is 0 Å². The highest BCUT2D eigenvalue weighted by Crippen LogP contribution is 2.57. The predicted octanol–water partition coefficient (Wildman–Crippen LogP) is -1.13. The number of carbonyl (C=O) groups is 1. The zero-order valence-electron chi connectivity index (χ0n) is 17.6. The third-order valence-electron chi connectivity index (χ3n) is 7.63. The van der Waals surface area contributed by atoms with Gasteiger partial charge in [0.25, 0.3) is 0 Å². The molecular weight excluding hydrogens is 396 g/mol. The van der Waals surface area contributed by atoms with Gasteiger partial charge in [-0.3, -0.25) is 4.79 Å². The minimum absolute atomic E-state index is 0.144. The van der Waals surface area contributed by atoms with Crippen molar-refractivity contribution in [2.75, 3.05) is 13.2 Å². The third kappa shape index (κ3) is 3.86. The highest BCUT2D eigenvalue weighted by Gasteiger charge is 2.55. The number of aliphatic hydroxyl groups is 6. The second-order valence-corrected chi connectivity index (χ2v) is 9.38. The van der Waals surface area contributed by atoms with Crippen LogP contribution in [-0.2, 0) is 14.3 Å². The summed E-state index contributed by atoms with van der Waals surface area (Å²) in [6.07, 6.45) is -4.67. The first-order valence-corrected chi connectivity index (χ1v) is 10.5. The van der Waals surface area contributed by atoms with E-state index in [0.717, 1.165) is 5.57 Å². The largest absolute Gasteiger partial charge is 0.394 e. The number of rotatable bonds is 5. The van der Waals surface area contributed by atoms with Gasteiger partial charge in [-0.05, 0) is 56.4 Å². The third-order valence-corrected chi connectivity index (χ3v) is 7.63. The summed E-state index contributed by atoms with van der Waals surface area (Å²) in [6, 6.07) is 0. The summed E-state index contributed by atoms with van der Waals surface area (Å²) < 4.78 is 11.3. The molecule has 2 fully saturated rings. The van der Waals surface area contributed by atoms with Crippen molar-refractivity contribution in [3.8, 4) is 0 Å². The summed E-state index contributed by atoms with van der Waals surface area (Å²) in [5.41, 5.74) is -0.750. The van der Waals surface area contributed by atoms with E-state index in [1.165, 1.54) is 6.08 Å². The van der Waals surface area contributed by atoms with Gasteiger partial charge >= 0.3 is 0 Å². The number of aliphatic hydroxyl groups excluding tert-OH is 5. The van der Waals surface area contributed by atoms with Crippen LogP contribution in [0.15, 0.2) is 11.6 Å². The van der Waals surface area contributed by atoms with Gasteiger partial charge in [0.15, 0.2) is 12.1 Å². The Balaban J connectivity index is 1.83. The molecule has 1 saturated heterocycles. The molecule has 1 heterocycles. The Labute approximate surface area is 175 Å². The molecule has 1 saturated carbocycles. The van der Waals surface area contributed by atoms with E-state index in [2.05, 4.69) is 0 Å². The first-order chi connectivity index (χ1) is 14.0. The van der Waals surface area contributed by atoms with Crippen molar-refractivity contribution in [2.45, 2.75) is 82.4 Å². The molecule has 6 N–H and O–H groups in total. The Hall–Kier alpha value is -0.910. The molecule has 3 aliphatic rings. The fourth-order valence-corrected chi connectivity index (χ4v) is 5.35. The van der Waals surface area contributed by atoms with Crippen molar-refractivity contribution < 1.29 is 44.9 Å². The standard InChI is InChI=1S/C21H34O9/c1-10-6-13(24)18(30-19-17(27)16(26)15(25)14(8-22)29-19)11(2)21(10)5-4-12(7-21)20(3,28)9-23/h6,11-12,14-19,22-23,25-28H,4-5,7-9H2,1-3H3. The molecule has 2 aliphatic carbocycles. The molecule has 3 rings (SSSR count). The van der Waals surface area contributed by atoms with Crippen molar-refractivity contribution in [1.82, 2.24) is 0 Å². The summed E-state index contributed by atoms with van der Waals surface area (Å²) in [5, 5.41) is 59.7. The lowest BCUT2D eigenvalue weighted by Crippen LogP contribution is -2.61. The fourth-order valence-electron chi connectivity index (χ4n) is 5.35. The van der Waals surface area contributed by atoms with Gasteiger partial charge in [-0.2, -0.15) is 0 Å². The molecule has 0 aromatic carbocycles. The number of hydrogen-bond acceptors (Lipinski definition) is 9. The zero-order chi connectivity index (χ0) is 22.4. The predicted molar refractivity (Wildman–Crippen MR) is 104 cm³/mol. The van der Waals surface area contributed by atoms with Crippen molar-refractivity contribution in [2.24, 2.45) is 17.3 Å². The van der Waals surface area contributed by atoms with E-state index < -0.39 is 54.4 Å². The average molecular weight is 430 g/mol. The summed E-state index contributed by atoms with van der Waals surface area (Å²) in [6.45, 7) is 4.43. The SMILES string of the molecule is CC1=CC(=O)C(OC2OC(CO)C(O)C(O)C2O)C(C)C12CCC(C(C)(O)CO)C2. The monoisotopic (exact) mass is 430 g/mol. The molecule has 172 valence electrons. The normalized spacial score (nSPS) is 46.7. The molecule has 0 bridgehead atoms. The quantitative estimate of drug-likeness (QED) is 0.317. The lowest BCUT2D eigenvalue weighted by atomic mass is 9.63. The van der Waals surface area contributed by atoms with Crippen LogP contribution in [0.5, 0.6) is 0 Å². The molecule has 1 spiro atoms. The van der Waals surface area contributed by atoms with Gasteiger partial charge in [-0.15, -0.1) is 0 Å². The number of allylic oxidation sites excluding steroid dienone is 1. The van der Waals surface area contributed by atoms with Crippen LogP contribution in [0.3, 0.4) is 0 Å². The first-order valence-electron chi connectivity index (χ1n) is 10.5. The van der Waals surface area contributed by atoms with Gasteiger partial charge in [0.05, 0.1) is 18.8 Å². The minimum Gasteiger partial charge on any atom is -0.394 e. The molecule has 0 aromatic rings. The topological polar surface area (TPSA) is 157 Å². The Morgan fingerprint density at radius 3 is 2.50 bits per heavy atom. The van der Waals surface area contributed by atoms with Crippen LogP contribution < -0.4 is 0 Å². The van der Waals surface area contributed by atoms with Gasteiger partial charge in [0.1, 0.15) is 30.5 Å². The highest BCUT2D eigenvalue weighted by molar-refractivity contribution is 5.95. The van der Waals surface area contributed by atoms with Crippen molar-refractivity contribution in [3.05, 3.63) is 11.6 Å². The van der Waals surface area contributed by atoms with E-state index in [1.54, 1.807) is 6.92 Å². The van der Waals surface area contributed by atoms with Crippen LogP contribution in [0.1, 0.15) is 40.0 Å². The number of ether oxygens (including phenoxy) is 2. The van der Waals surface area contributed by atoms with Gasteiger partial charge < -0.3 is 40.1 Å². The minimum atomic E-state index is -1.59. The summed E-state index contributed by atoms with van der Waals surface area (Å²) in [4.78, 5) is 12.8. The average Bonchev–Trinajstić information content (AvgIpc) is 3.17. The van der Waals surface area contributed by atoms with E-state index in [1.807, 2.05) is 13.8 Å². The summed E-state index contributed by atoms with van der Waals surface area (Å²) >= 11 is 0. The molecule has 10 atom stereocenters. The highest BCUT2D eigenvalue weighted by atomic mass is 16.7. The van der Waals surface area contributed by atoms with Gasteiger partial charge in [0.2, 0.25) is 0 Å². The molecule has 10 unspecified atom stereocenters. The molecule has 0 amide bonds.